The fraction of sp³-hybridized carbons (Fsp3) is 0.182. The number of rotatable bonds is 8. The van der Waals surface area contributed by atoms with E-state index in [9.17, 15) is 9.59 Å². The molecule has 3 aromatic rings. The molecular weight excluding hydrogens is 438 g/mol. The monoisotopic (exact) mass is 455 g/mol. The fourth-order valence-corrected chi connectivity index (χ4v) is 3.70. The molecule has 2 aromatic carbocycles. The molecule has 0 bridgehead atoms. The van der Waals surface area contributed by atoms with Crippen LogP contribution in [0.4, 0.5) is 5.69 Å². The maximum absolute atomic E-state index is 12.7. The van der Waals surface area contributed by atoms with Crippen molar-refractivity contribution in [1.29, 1.82) is 5.26 Å². The van der Waals surface area contributed by atoms with Gasteiger partial charge >= 0.3 is 5.97 Å². The van der Waals surface area contributed by atoms with Crippen LogP contribution in [0.25, 0.3) is 10.6 Å². The van der Waals surface area contributed by atoms with Crippen LogP contribution in [0.1, 0.15) is 16.9 Å². The summed E-state index contributed by atoms with van der Waals surface area (Å²) in [7, 11) is 1.58. The summed E-state index contributed by atoms with van der Waals surface area (Å²) in [4.78, 5) is 30.7. The summed E-state index contributed by atoms with van der Waals surface area (Å²) < 4.78 is 10.3. The van der Waals surface area contributed by atoms with Gasteiger partial charge in [-0.05, 0) is 42.5 Å². The van der Waals surface area contributed by atoms with Gasteiger partial charge in [0.1, 0.15) is 10.8 Å². The van der Waals surface area contributed by atoms with Crippen LogP contribution in [-0.2, 0) is 9.53 Å². The van der Waals surface area contributed by atoms with E-state index in [4.69, 9.17) is 26.3 Å². The third-order valence-corrected chi connectivity index (χ3v) is 5.37. The first kappa shape index (κ1) is 22.3. The normalized spacial score (nSPS) is 10.2. The van der Waals surface area contributed by atoms with Crippen molar-refractivity contribution in [2.24, 2.45) is 0 Å². The number of ether oxygens (including phenoxy) is 2. The van der Waals surface area contributed by atoms with Crippen molar-refractivity contribution in [3.63, 3.8) is 0 Å². The standard InChI is InChI=1S/C22H18ClN3O4S/c1-29-18-8-6-15(7-9-18)21-25-19(14-31-21)22(28)30-13-20(27)26(11-3-10-24)17-5-2-4-16(23)12-17/h2,4-9,12,14H,3,11,13H2,1H3. The number of nitriles is 1. The van der Waals surface area contributed by atoms with Gasteiger partial charge in [-0.15, -0.1) is 11.3 Å². The van der Waals surface area contributed by atoms with E-state index in [1.807, 2.05) is 18.2 Å². The molecule has 0 saturated heterocycles. The highest BCUT2D eigenvalue weighted by Gasteiger charge is 2.20. The predicted octanol–water partition coefficient (Wildman–Crippen LogP) is 4.58. The van der Waals surface area contributed by atoms with Crippen molar-refractivity contribution in [2.75, 3.05) is 25.2 Å². The molecular formula is C22H18ClN3O4S. The number of hydrogen-bond acceptors (Lipinski definition) is 7. The van der Waals surface area contributed by atoms with E-state index in [2.05, 4.69) is 4.98 Å². The summed E-state index contributed by atoms with van der Waals surface area (Å²) in [5, 5.41) is 11.6. The van der Waals surface area contributed by atoms with Gasteiger partial charge in [-0.3, -0.25) is 4.79 Å². The van der Waals surface area contributed by atoms with Gasteiger partial charge in [0, 0.05) is 28.2 Å². The molecule has 9 heteroatoms. The van der Waals surface area contributed by atoms with E-state index < -0.39 is 18.5 Å². The highest BCUT2D eigenvalue weighted by atomic mass is 35.5. The van der Waals surface area contributed by atoms with E-state index in [1.165, 1.54) is 16.2 Å². The lowest BCUT2D eigenvalue weighted by atomic mass is 10.2. The number of hydrogen-bond donors (Lipinski definition) is 0. The van der Waals surface area contributed by atoms with Gasteiger partial charge in [0.05, 0.1) is 19.6 Å². The Kier molecular flexibility index (Phi) is 7.60. The highest BCUT2D eigenvalue weighted by Crippen LogP contribution is 2.26. The quantitative estimate of drug-likeness (QED) is 0.462. The van der Waals surface area contributed by atoms with Crippen molar-refractivity contribution in [3.8, 4) is 22.4 Å². The Morgan fingerprint density at radius 2 is 2.00 bits per heavy atom. The first-order chi connectivity index (χ1) is 15.0. The Balaban J connectivity index is 1.65. The number of aromatic nitrogens is 1. The second-order valence-electron chi connectivity index (χ2n) is 6.28. The molecule has 0 spiro atoms. The molecule has 0 N–H and O–H groups in total. The number of thiazole rings is 1. The molecule has 158 valence electrons. The van der Waals surface area contributed by atoms with Gasteiger partial charge in [-0.25, -0.2) is 9.78 Å². The number of esters is 1. The van der Waals surface area contributed by atoms with E-state index in [-0.39, 0.29) is 18.7 Å². The zero-order chi connectivity index (χ0) is 22.2. The number of amides is 1. The van der Waals surface area contributed by atoms with Crippen LogP contribution < -0.4 is 9.64 Å². The number of anilines is 1. The van der Waals surface area contributed by atoms with Crippen LogP contribution in [0.3, 0.4) is 0 Å². The van der Waals surface area contributed by atoms with Gasteiger partial charge in [-0.1, -0.05) is 17.7 Å². The van der Waals surface area contributed by atoms with Gasteiger partial charge in [0.15, 0.2) is 12.3 Å². The van der Waals surface area contributed by atoms with Crippen LogP contribution in [0.15, 0.2) is 53.9 Å². The van der Waals surface area contributed by atoms with Gasteiger partial charge in [0.25, 0.3) is 5.91 Å². The molecule has 1 amide bonds. The average Bonchev–Trinajstić information content (AvgIpc) is 3.28. The smallest absolute Gasteiger partial charge is 0.358 e. The van der Waals surface area contributed by atoms with Gasteiger partial charge in [-0.2, -0.15) is 5.26 Å². The maximum Gasteiger partial charge on any atom is 0.358 e. The fourth-order valence-electron chi connectivity index (χ4n) is 2.72. The second-order valence-corrected chi connectivity index (χ2v) is 7.57. The Morgan fingerprint density at radius 1 is 1.23 bits per heavy atom. The van der Waals surface area contributed by atoms with Gasteiger partial charge < -0.3 is 14.4 Å². The highest BCUT2D eigenvalue weighted by molar-refractivity contribution is 7.13. The van der Waals surface area contributed by atoms with Crippen LogP contribution in [0.2, 0.25) is 5.02 Å². The lowest BCUT2D eigenvalue weighted by Gasteiger charge is -2.21. The summed E-state index contributed by atoms with van der Waals surface area (Å²) >= 11 is 7.30. The van der Waals surface area contributed by atoms with E-state index in [0.29, 0.717) is 15.7 Å². The van der Waals surface area contributed by atoms with E-state index in [0.717, 1.165) is 11.3 Å². The molecule has 31 heavy (non-hydrogen) atoms. The summed E-state index contributed by atoms with van der Waals surface area (Å²) in [5.74, 6) is -0.439. The largest absolute Gasteiger partial charge is 0.497 e. The third-order valence-electron chi connectivity index (χ3n) is 4.25. The summed E-state index contributed by atoms with van der Waals surface area (Å²) in [6, 6.07) is 16.0. The molecule has 0 atom stereocenters. The van der Waals surface area contributed by atoms with E-state index in [1.54, 1.807) is 48.9 Å². The molecule has 0 aliphatic rings. The predicted molar refractivity (Wildman–Crippen MR) is 118 cm³/mol. The summed E-state index contributed by atoms with van der Waals surface area (Å²) in [5.41, 5.74) is 1.48. The molecule has 1 aromatic heterocycles. The number of methoxy groups -OCH3 is 1. The van der Waals surface area contributed by atoms with Crippen LogP contribution in [0.5, 0.6) is 5.75 Å². The number of carbonyl (C=O) groups is 2. The molecule has 7 nitrogen and oxygen atoms in total. The SMILES string of the molecule is COc1ccc(-c2nc(C(=O)OCC(=O)N(CCC#N)c3cccc(Cl)c3)cs2)cc1. The van der Waals surface area contributed by atoms with Crippen molar-refractivity contribution in [2.45, 2.75) is 6.42 Å². The number of benzene rings is 2. The lowest BCUT2D eigenvalue weighted by Crippen LogP contribution is -2.35. The Labute approximate surface area is 188 Å². The first-order valence-electron chi connectivity index (χ1n) is 9.22. The second kappa shape index (κ2) is 10.6. The number of carbonyl (C=O) groups excluding carboxylic acids is 2. The molecule has 0 saturated carbocycles. The minimum atomic E-state index is -0.698. The zero-order valence-corrected chi connectivity index (χ0v) is 18.2. The third kappa shape index (κ3) is 5.81. The molecule has 0 radical (unpaired) electrons. The van der Waals surface area contributed by atoms with Crippen molar-refractivity contribution in [1.82, 2.24) is 4.98 Å². The molecule has 0 aliphatic carbocycles. The Morgan fingerprint density at radius 3 is 2.68 bits per heavy atom. The maximum atomic E-state index is 12.7. The Bertz CT molecular complexity index is 1110. The van der Waals surface area contributed by atoms with Crippen molar-refractivity contribution in [3.05, 3.63) is 64.6 Å². The molecule has 1 heterocycles. The lowest BCUT2D eigenvalue weighted by molar-refractivity contribution is -0.121. The topological polar surface area (TPSA) is 92.5 Å². The minimum Gasteiger partial charge on any atom is -0.497 e. The number of nitrogens with zero attached hydrogens (tertiary/aromatic N) is 3. The molecule has 0 fully saturated rings. The average molecular weight is 456 g/mol. The van der Waals surface area contributed by atoms with Crippen LogP contribution in [-0.4, -0.2) is 37.1 Å². The van der Waals surface area contributed by atoms with Crippen LogP contribution in [0, 0.1) is 11.3 Å². The molecule has 0 aliphatic heterocycles. The number of halogens is 1. The first-order valence-corrected chi connectivity index (χ1v) is 10.5. The van der Waals surface area contributed by atoms with Crippen molar-refractivity contribution < 1.29 is 19.1 Å². The van der Waals surface area contributed by atoms with Gasteiger partial charge in [0.2, 0.25) is 0 Å². The summed E-state index contributed by atoms with van der Waals surface area (Å²) in [6.45, 7) is -0.322. The van der Waals surface area contributed by atoms with E-state index >= 15 is 0 Å². The summed E-state index contributed by atoms with van der Waals surface area (Å²) in [6.07, 6.45) is 0.128. The van der Waals surface area contributed by atoms with Crippen molar-refractivity contribution >= 4 is 40.5 Å². The van der Waals surface area contributed by atoms with Crippen LogP contribution >= 0.6 is 22.9 Å². The minimum absolute atomic E-state index is 0.120. The molecule has 0 unspecified atom stereocenters. The Hall–Kier alpha value is -3.41. The zero-order valence-electron chi connectivity index (χ0n) is 16.6. The molecule has 3 rings (SSSR count).